The van der Waals surface area contributed by atoms with Gasteiger partial charge in [-0.2, -0.15) is 0 Å². The molecule has 2 aromatic rings. The van der Waals surface area contributed by atoms with Crippen LogP contribution in [0.15, 0.2) is 38.6 Å². The molecular weight excluding hydrogens is 364 g/mol. The van der Waals surface area contributed by atoms with Crippen LogP contribution in [0.1, 0.15) is 10.4 Å². The minimum atomic E-state index is 0.774. The van der Waals surface area contributed by atoms with Crippen molar-refractivity contribution in [3.8, 4) is 0 Å². The van der Waals surface area contributed by atoms with Crippen molar-refractivity contribution >= 4 is 48.9 Å². The zero-order chi connectivity index (χ0) is 12.3. The summed E-state index contributed by atoms with van der Waals surface area (Å²) in [5, 5.41) is 3.41. The summed E-state index contributed by atoms with van der Waals surface area (Å²) in [6, 6.07) is 10.2. The molecule has 0 saturated heterocycles. The summed E-state index contributed by atoms with van der Waals surface area (Å²) in [6.07, 6.45) is 0. The Bertz CT molecular complexity index is 511. The Kier molecular flexibility index (Phi) is 4.62. The van der Waals surface area contributed by atoms with E-state index in [4.69, 9.17) is 5.73 Å². The average molecular weight is 376 g/mol. The van der Waals surface area contributed by atoms with Gasteiger partial charge in [0, 0.05) is 28.1 Å². The molecule has 0 spiro atoms. The van der Waals surface area contributed by atoms with Gasteiger partial charge in [0.05, 0.1) is 3.79 Å². The first-order valence-electron chi connectivity index (χ1n) is 5.14. The maximum Gasteiger partial charge on any atom is 0.0701 e. The fourth-order valence-electron chi connectivity index (χ4n) is 1.46. The van der Waals surface area contributed by atoms with Crippen molar-refractivity contribution in [3.63, 3.8) is 0 Å². The van der Waals surface area contributed by atoms with Gasteiger partial charge in [-0.1, -0.05) is 6.07 Å². The normalized spacial score (nSPS) is 10.7. The molecule has 1 aromatic carbocycles. The zero-order valence-electron chi connectivity index (χ0n) is 9.04. The molecule has 0 atom stereocenters. The average Bonchev–Trinajstić information content (AvgIpc) is 2.70. The molecule has 0 fully saturated rings. The highest BCUT2D eigenvalue weighted by atomic mass is 79.9. The van der Waals surface area contributed by atoms with Gasteiger partial charge < -0.3 is 11.1 Å². The minimum Gasteiger partial charge on any atom is -0.398 e. The smallest absolute Gasteiger partial charge is 0.0701 e. The van der Waals surface area contributed by atoms with Crippen molar-refractivity contribution in [1.82, 2.24) is 5.32 Å². The molecule has 17 heavy (non-hydrogen) atoms. The summed E-state index contributed by atoms with van der Waals surface area (Å²) < 4.78 is 2.13. The predicted octanol–water partition coefficient (Wildman–Crippen LogP) is 4.15. The summed E-state index contributed by atoms with van der Waals surface area (Å²) in [7, 11) is 0. The number of nitrogen functional groups attached to an aromatic ring is 1. The van der Waals surface area contributed by atoms with Crippen LogP contribution in [0.2, 0.25) is 0 Å². The predicted molar refractivity (Wildman–Crippen MR) is 81.1 cm³/mol. The van der Waals surface area contributed by atoms with Crippen LogP contribution in [0.3, 0.4) is 0 Å². The number of rotatable bonds is 4. The Morgan fingerprint density at radius 1 is 1.12 bits per heavy atom. The van der Waals surface area contributed by atoms with E-state index in [1.54, 1.807) is 11.3 Å². The molecule has 5 heteroatoms. The van der Waals surface area contributed by atoms with E-state index in [0.717, 1.165) is 23.2 Å². The number of thiophene rings is 1. The van der Waals surface area contributed by atoms with Crippen LogP contribution in [0, 0.1) is 0 Å². The highest BCUT2D eigenvalue weighted by Crippen LogP contribution is 2.22. The van der Waals surface area contributed by atoms with Gasteiger partial charge in [0.2, 0.25) is 0 Å². The van der Waals surface area contributed by atoms with Gasteiger partial charge in [-0.15, -0.1) is 11.3 Å². The number of nitrogens with two attached hydrogens (primary N) is 1. The van der Waals surface area contributed by atoms with Crippen LogP contribution in [0.25, 0.3) is 0 Å². The first kappa shape index (κ1) is 13.1. The molecule has 0 radical (unpaired) electrons. The van der Waals surface area contributed by atoms with Crippen molar-refractivity contribution in [2.45, 2.75) is 13.1 Å². The number of anilines is 1. The van der Waals surface area contributed by atoms with Gasteiger partial charge in [-0.3, -0.25) is 0 Å². The van der Waals surface area contributed by atoms with Crippen molar-refractivity contribution in [2.24, 2.45) is 0 Å². The van der Waals surface area contributed by atoms with Crippen molar-refractivity contribution < 1.29 is 0 Å². The molecule has 3 N–H and O–H groups in total. The van der Waals surface area contributed by atoms with E-state index in [1.165, 1.54) is 14.2 Å². The van der Waals surface area contributed by atoms with E-state index in [1.807, 2.05) is 18.2 Å². The number of hydrogen-bond acceptors (Lipinski definition) is 3. The summed E-state index contributed by atoms with van der Waals surface area (Å²) >= 11 is 8.64. The molecule has 90 valence electrons. The lowest BCUT2D eigenvalue weighted by Crippen LogP contribution is -2.11. The van der Waals surface area contributed by atoms with Crippen LogP contribution in [0.5, 0.6) is 0 Å². The molecule has 0 aliphatic carbocycles. The van der Waals surface area contributed by atoms with Gasteiger partial charge in [0.1, 0.15) is 0 Å². The highest BCUT2D eigenvalue weighted by molar-refractivity contribution is 9.11. The van der Waals surface area contributed by atoms with Crippen LogP contribution in [-0.4, -0.2) is 0 Å². The molecule has 0 aliphatic heterocycles. The largest absolute Gasteiger partial charge is 0.398 e. The second-order valence-electron chi connectivity index (χ2n) is 3.67. The molecule has 1 heterocycles. The summed E-state index contributed by atoms with van der Waals surface area (Å²) in [4.78, 5) is 1.33. The SMILES string of the molecule is Nc1ccc(CNCc2ccc(Br)s2)cc1Br. The second kappa shape index (κ2) is 6.00. The molecule has 0 bridgehead atoms. The van der Waals surface area contributed by atoms with Crippen molar-refractivity contribution in [2.75, 3.05) is 5.73 Å². The van der Waals surface area contributed by atoms with Gasteiger partial charge >= 0.3 is 0 Å². The topological polar surface area (TPSA) is 38.0 Å². The third-order valence-corrected chi connectivity index (χ3v) is 4.63. The van der Waals surface area contributed by atoms with Gasteiger partial charge in [-0.25, -0.2) is 0 Å². The third-order valence-electron chi connectivity index (χ3n) is 2.32. The zero-order valence-corrected chi connectivity index (χ0v) is 13.0. The van der Waals surface area contributed by atoms with Crippen molar-refractivity contribution in [1.29, 1.82) is 0 Å². The first-order chi connectivity index (χ1) is 8.15. The molecule has 2 nitrogen and oxygen atoms in total. The fraction of sp³-hybridized carbons (Fsp3) is 0.167. The quantitative estimate of drug-likeness (QED) is 0.788. The molecular formula is C12H12Br2N2S. The summed E-state index contributed by atoms with van der Waals surface area (Å²) in [5.74, 6) is 0. The minimum absolute atomic E-state index is 0.774. The Labute approximate surface area is 121 Å². The van der Waals surface area contributed by atoms with E-state index in [-0.39, 0.29) is 0 Å². The standard InChI is InChI=1S/C12H12Br2N2S/c13-10-5-8(1-3-11(10)15)6-16-7-9-2-4-12(14)17-9/h1-5,16H,6-7,15H2. The lowest BCUT2D eigenvalue weighted by molar-refractivity contribution is 0.701. The van der Waals surface area contributed by atoms with Crippen LogP contribution in [0.4, 0.5) is 5.69 Å². The van der Waals surface area contributed by atoms with Crippen LogP contribution < -0.4 is 11.1 Å². The van der Waals surface area contributed by atoms with Gasteiger partial charge in [-0.05, 0) is 61.7 Å². The van der Waals surface area contributed by atoms with E-state index in [9.17, 15) is 0 Å². The number of benzene rings is 1. The molecule has 1 aromatic heterocycles. The molecule has 0 unspecified atom stereocenters. The molecule has 0 amide bonds. The maximum atomic E-state index is 5.74. The summed E-state index contributed by atoms with van der Waals surface area (Å²) in [5.41, 5.74) is 7.74. The lowest BCUT2D eigenvalue weighted by atomic mass is 10.2. The Morgan fingerprint density at radius 3 is 2.59 bits per heavy atom. The fourth-order valence-corrected chi connectivity index (χ4v) is 3.34. The number of hydrogen-bond donors (Lipinski definition) is 2. The number of nitrogens with one attached hydrogen (secondary N) is 1. The summed E-state index contributed by atoms with van der Waals surface area (Å²) in [6.45, 7) is 1.73. The Balaban J connectivity index is 1.87. The van der Waals surface area contributed by atoms with Crippen LogP contribution >= 0.6 is 43.2 Å². The third kappa shape index (κ3) is 3.81. The van der Waals surface area contributed by atoms with E-state index in [2.05, 4.69) is 49.3 Å². The Hall–Kier alpha value is -0.360. The molecule has 2 rings (SSSR count). The first-order valence-corrected chi connectivity index (χ1v) is 7.54. The van der Waals surface area contributed by atoms with E-state index >= 15 is 0 Å². The monoisotopic (exact) mass is 374 g/mol. The molecule has 0 aliphatic rings. The van der Waals surface area contributed by atoms with Gasteiger partial charge in [0.25, 0.3) is 0 Å². The van der Waals surface area contributed by atoms with E-state index < -0.39 is 0 Å². The van der Waals surface area contributed by atoms with E-state index in [0.29, 0.717) is 0 Å². The maximum absolute atomic E-state index is 5.74. The van der Waals surface area contributed by atoms with Crippen molar-refractivity contribution in [3.05, 3.63) is 49.0 Å². The van der Waals surface area contributed by atoms with Crippen LogP contribution in [-0.2, 0) is 13.1 Å². The molecule has 0 saturated carbocycles. The second-order valence-corrected chi connectivity index (χ2v) is 7.07. The lowest BCUT2D eigenvalue weighted by Gasteiger charge is -2.05. The number of halogens is 2. The van der Waals surface area contributed by atoms with Gasteiger partial charge in [0.15, 0.2) is 0 Å². The highest BCUT2D eigenvalue weighted by Gasteiger charge is 2.00. The Morgan fingerprint density at radius 2 is 1.94 bits per heavy atom.